The fraction of sp³-hybridized carbons (Fsp3) is 0.500. The van der Waals surface area contributed by atoms with Crippen molar-refractivity contribution < 1.29 is 32.7 Å². The van der Waals surface area contributed by atoms with Gasteiger partial charge >= 0.3 is 13.9 Å². The maximum atomic E-state index is 13.5. The highest BCUT2D eigenvalue weighted by molar-refractivity contribution is 7.47. The molecule has 0 spiro atoms. The number of hydrogen-bond acceptors (Lipinski definition) is 9. The first-order chi connectivity index (χ1) is 11.3. The maximum absolute atomic E-state index is 13.5. The number of fused-ring (bicyclic) bond motifs is 2. The second kappa shape index (κ2) is 5.30. The number of anilines is 1. The molecule has 0 aromatic carbocycles. The first-order valence-corrected chi connectivity index (χ1v) is 8.50. The first-order valence-electron chi connectivity index (χ1n) is 6.62. The molecule has 5 atom stereocenters. The highest BCUT2D eigenvalue weighted by Gasteiger charge is 2.53. The molecule has 2 aliphatic rings. The standard InChI is InChI=1S/C10H10ClFN5O6P/c11-9-14-3-6(13)15-10(12)16-7(3)17(9)8-4(18)5-2(22-8)1-21-24(19,20)23-5/h2,4-5,8,18H,1H2,(H,19,20)(H2,13,15,16). The summed E-state index contributed by atoms with van der Waals surface area (Å²) in [6.07, 6.45) is -5.70. The van der Waals surface area contributed by atoms with Gasteiger partial charge in [-0.3, -0.25) is 13.6 Å². The molecule has 4 N–H and O–H groups in total. The van der Waals surface area contributed by atoms with Gasteiger partial charge in [0.25, 0.3) is 0 Å². The lowest BCUT2D eigenvalue weighted by Gasteiger charge is -2.27. The molecule has 0 aliphatic carbocycles. The van der Waals surface area contributed by atoms with E-state index in [2.05, 4.69) is 19.5 Å². The van der Waals surface area contributed by atoms with E-state index in [1.165, 1.54) is 0 Å². The molecule has 2 fully saturated rings. The van der Waals surface area contributed by atoms with Crippen LogP contribution in [0.3, 0.4) is 0 Å². The fourth-order valence-corrected chi connectivity index (χ4v) is 3.94. The Balaban J connectivity index is 1.79. The summed E-state index contributed by atoms with van der Waals surface area (Å²) in [7, 11) is -4.28. The SMILES string of the molecule is Nc1nc(F)nc2c1nc(Cl)n2C1OC2COP(=O)(O)OC2C1O. The van der Waals surface area contributed by atoms with E-state index in [4.69, 9.17) is 26.6 Å². The molecule has 14 heteroatoms. The van der Waals surface area contributed by atoms with Crippen molar-refractivity contribution in [2.24, 2.45) is 0 Å². The van der Waals surface area contributed by atoms with E-state index in [1.807, 2.05) is 0 Å². The van der Waals surface area contributed by atoms with Crippen molar-refractivity contribution in [3.8, 4) is 0 Å². The van der Waals surface area contributed by atoms with E-state index in [9.17, 15) is 19.0 Å². The molecule has 4 heterocycles. The van der Waals surface area contributed by atoms with Crippen molar-refractivity contribution in [2.45, 2.75) is 24.5 Å². The van der Waals surface area contributed by atoms with Gasteiger partial charge in [-0.25, -0.2) is 9.55 Å². The van der Waals surface area contributed by atoms with Crippen molar-refractivity contribution >= 4 is 36.4 Å². The summed E-state index contributed by atoms with van der Waals surface area (Å²) < 4.78 is 41.1. The normalized spacial score (nSPS) is 36.2. The van der Waals surface area contributed by atoms with Crippen LogP contribution in [0.2, 0.25) is 5.28 Å². The highest BCUT2D eigenvalue weighted by atomic mass is 35.5. The van der Waals surface area contributed by atoms with Crippen LogP contribution < -0.4 is 5.73 Å². The van der Waals surface area contributed by atoms with E-state index in [0.29, 0.717) is 0 Å². The molecule has 0 bridgehead atoms. The zero-order valence-corrected chi connectivity index (χ0v) is 13.3. The van der Waals surface area contributed by atoms with E-state index in [1.54, 1.807) is 0 Å². The average Bonchev–Trinajstić information content (AvgIpc) is 2.96. The number of aliphatic hydroxyl groups is 1. The largest absolute Gasteiger partial charge is 0.472 e. The number of nitrogen functional groups attached to an aromatic ring is 1. The molecule has 2 aliphatic heterocycles. The summed E-state index contributed by atoms with van der Waals surface area (Å²) >= 11 is 6.03. The molecule has 24 heavy (non-hydrogen) atoms. The van der Waals surface area contributed by atoms with E-state index >= 15 is 0 Å². The summed E-state index contributed by atoms with van der Waals surface area (Å²) in [5.41, 5.74) is 5.51. The van der Waals surface area contributed by atoms with Crippen LogP contribution in [-0.2, 0) is 18.3 Å². The number of nitrogens with two attached hydrogens (primary N) is 1. The number of imidazole rings is 1. The number of rotatable bonds is 1. The third kappa shape index (κ3) is 2.39. The van der Waals surface area contributed by atoms with Crippen LogP contribution in [0.1, 0.15) is 6.23 Å². The Labute approximate surface area is 137 Å². The van der Waals surface area contributed by atoms with E-state index < -0.39 is 38.4 Å². The second-order valence-electron chi connectivity index (χ2n) is 5.19. The van der Waals surface area contributed by atoms with Gasteiger partial charge in [0.1, 0.15) is 18.3 Å². The summed E-state index contributed by atoms with van der Waals surface area (Å²) in [6.45, 7) is -0.276. The third-order valence-electron chi connectivity index (χ3n) is 3.72. The van der Waals surface area contributed by atoms with Crippen molar-refractivity contribution in [1.29, 1.82) is 0 Å². The summed E-state index contributed by atoms with van der Waals surface area (Å²) in [6, 6.07) is 0. The number of nitrogens with zero attached hydrogens (tertiary/aromatic N) is 4. The molecule has 2 aromatic rings. The topological polar surface area (TPSA) is 155 Å². The van der Waals surface area contributed by atoms with Crippen LogP contribution in [0.4, 0.5) is 10.2 Å². The first kappa shape index (κ1) is 16.1. The molecule has 0 saturated carbocycles. The number of phosphoric ester groups is 1. The van der Waals surface area contributed by atoms with E-state index in [-0.39, 0.29) is 28.9 Å². The Bertz CT molecular complexity index is 881. The molecule has 4 rings (SSSR count). The number of halogens is 2. The zero-order chi connectivity index (χ0) is 17.2. The maximum Gasteiger partial charge on any atom is 0.472 e. The Hall–Kier alpha value is -1.40. The second-order valence-corrected chi connectivity index (χ2v) is 6.94. The number of phosphoric acid groups is 1. The number of hydrogen-bond donors (Lipinski definition) is 3. The lowest BCUT2D eigenvalue weighted by Crippen LogP contribution is -2.39. The molecule has 5 unspecified atom stereocenters. The smallest absolute Gasteiger partial charge is 0.386 e. The molecule has 11 nitrogen and oxygen atoms in total. The van der Waals surface area contributed by atoms with Gasteiger partial charge in [-0.2, -0.15) is 14.4 Å². The van der Waals surface area contributed by atoms with Crippen LogP contribution in [0, 0.1) is 6.08 Å². The minimum Gasteiger partial charge on any atom is -0.386 e. The summed E-state index contributed by atoms with van der Waals surface area (Å²) in [5, 5.41) is 10.2. The molecular formula is C10H10ClFN5O6P. The Morgan fingerprint density at radius 1 is 1.42 bits per heavy atom. The van der Waals surface area contributed by atoms with Crippen molar-refractivity contribution in [3.63, 3.8) is 0 Å². The van der Waals surface area contributed by atoms with Crippen LogP contribution >= 0.6 is 19.4 Å². The zero-order valence-electron chi connectivity index (χ0n) is 11.6. The lowest BCUT2D eigenvalue weighted by molar-refractivity contribution is -0.0664. The van der Waals surface area contributed by atoms with Gasteiger partial charge in [-0.15, -0.1) is 0 Å². The van der Waals surface area contributed by atoms with Crippen molar-refractivity contribution in [1.82, 2.24) is 19.5 Å². The van der Waals surface area contributed by atoms with Crippen LogP contribution in [0.15, 0.2) is 0 Å². The predicted molar refractivity (Wildman–Crippen MR) is 75.3 cm³/mol. The van der Waals surface area contributed by atoms with E-state index in [0.717, 1.165) is 4.57 Å². The summed E-state index contributed by atoms with van der Waals surface area (Å²) in [5.74, 6) is -0.234. The Morgan fingerprint density at radius 3 is 2.92 bits per heavy atom. The van der Waals surface area contributed by atoms with Gasteiger partial charge in [-0.05, 0) is 11.6 Å². The van der Waals surface area contributed by atoms with Crippen LogP contribution in [0.25, 0.3) is 11.2 Å². The van der Waals surface area contributed by atoms with Crippen molar-refractivity contribution in [2.75, 3.05) is 12.3 Å². The Morgan fingerprint density at radius 2 is 2.17 bits per heavy atom. The van der Waals surface area contributed by atoms with Crippen LogP contribution in [0.5, 0.6) is 0 Å². The monoisotopic (exact) mass is 381 g/mol. The molecule has 130 valence electrons. The number of aromatic nitrogens is 4. The van der Waals surface area contributed by atoms with Gasteiger partial charge in [0, 0.05) is 0 Å². The van der Waals surface area contributed by atoms with Gasteiger partial charge in [0.2, 0.25) is 5.28 Å². The number of ether oxygens (including phenoxy) is 1. The molecule has 0 amide bonds. The summed E-state index contributed by atoms with van der Waals surface area (Å²) in [4.78, 5) is 20.2. The molecule has 0 radical (unpaired) electrons. The molecule has 2 saturated heterocycles. The van der Waals surface area contributed by atoms with Gasteiger partial charge in [0.05, 0.1) is 6.61 Å². The Kier molecular flexibility index (Phi) is 3.55. The quantitative estimate of drug-likeness (QED) is 0.348. The van der Waals surface area contributed by atoms with Gasteiger partial charge in [0.15, 0.2) is 23.2 Å². The minimum absolute atomic E-state index is 0.0251. The third-order valence-corrected chi connectivity index (χ3v) is 4.97. The lowest BCUT2D eigenvalue weighted by atomic mass is 10.1. The average molecular weight is 382 g/mol. The van der Waals surface area contributed by atoms with Crippen molar-refractivity contribution in [3.05, 3.63) is 11.4 Å². The minimum atomic E-state index is -4.28. The van der Waals surface area contributed by atoms with Gasteiger partial charge in [-0.1, -0.05) is 0 Å². The molecule has 2 aromatic heterocycles. The van der Waals surface area contributed by atoms with Crippen LogP contribution in [-0.4, -0.2) is 54.4 Å². The fourth-order valence-electron chi connectivity index (χ4n) is 2.72. The number of aliphatic hydroxyl groups excluding tert-OH is 1. The predicted octanol–water partition coefficient (Wildman–Crippen LogP) is -0.0249. The van der Waals surface area contributed by atoms with Gasteiger partial charge < -0.3 is 20.5 Å². The molecular weight excluding hydrogens is 372 g/mol. The highest BCUT2D eigenvalue weighted by Crippen LogP contribution is 2.52.